The van der Waals surface area contributed by atoms with E-state index in [0.29, 0.717) is 30.3 Å². The summed E-state index contributed by atoms with van der Waals surface area (Å²) in [4.78, 5) is 43.4. The number of hydrogen-bond donors (Lipinski definition) is 0. The third kappa shape index (κ3) is 4.44. The van der Waals surface area contributed by atoms with E-state index in [0.717, 1.165) is 55.2 Å². The number of benzene rings is 2. The molecule has 1 aliphatic heterocycles. The van der Waals surface area contributed by atoms with E-state index in [1.807, 2.05) is 43.4 Å². The smallest absolute Gasteiger partial charge is 0.253 e. The van der Waals surface area contributed by atoms with Crippen LogP contribution in [0.4, 0.5) is 5.69 Å². The van der Waals surface area contributed by atoms with Crippen molar-refractivity contribution in [2.75, 3.05) is 18.0 Å². The number of nitrogens with zero attached hydrogens (tertiary/aromatic N) is 4. The van der Waals surface area contributed by atoms with Gasteiger partial charge in [0.25, 0.3) is 5.91 Å². The zero-order valence-corrected chi connectivity index (χ0v) is 22.1. The molecule has 6 rings (SSSR count). The van der Waals surface area contributed by atoms with Crippen molar-refractivity contribution in [2.24, 2.45) is 18.9 Å². The van der Waals surface area contributed by atoms with Gasteiger partial charge in [-0.2, -0.15) is 5.10 Å². The number of amides is 3. The van der Waals surface area contributed by atoms with Gasteiger partial charge in [0.2, 0.25) is 11.8 Å². The van der Waals surface area contributed by atoms with Gasteiger partial charge in [0, 0.05) is 55.2 Å². The maximum atomic E-state index is 13.4. The van der Waals surface area contributed by atoms with Crippen molar-refractivity contribution in [3.05, 3.63) is 71.5 Å². The highest BCUT2D eigenvalue weighted by Gasteiger charge is 2.39. The van der Waals surface area contributed by atoms with E-state index in [-0.39, 0.29) is 29.6 Å². The van der Waals surface area contributed by atoms with Gasteiger partial charge in [0.05, 0.1) is 11.9 Å². The van der Waals surface area contributed by atoms with E-state index in [2.05, 4.69) is 29.4 Å². The van der Waals surface area contributed by atoms with Crippen molar-refractivity contribution in [3.8, 4) is 11.1 Å². The summed E-state index contributed by atoms with van der Waals surface area (Å²) in [6.07, 6.45) is 9.26. The number of imide groups is 1. The Morgan fingerprint density at radius 2 is 1.50 bits per heavy atom. The zero-order valence-electron chi connectivity index (χ0n) is 22.1. The minimum Gasteiger partial charge on any atom is -0.337 e. The van der Waals surface area contributed by atoms with Crippen molar-refractivity contribution >= 4 is 23.4 Å². The highest BCUT2D eigenvalue weighted by atomic mass is 16.2. The number of rotatable bonds is 6. The molecule has 7 nitrogen and oxygen atoms in total. The van der Waals surface area contributed by atoms with Gasteiger partial charge in [-0.15, -0.1) is 0 Å². The molecule has 196 valence electrons. The molecule has 0 spiro atoms. The summed E-state index contributed by atoms with van der Waals surface area (Å²) in [5, 5.41) is 4.24. The number of carbonyl (C=O) groups excluding carboxylic acids is 3. The highest BCUT2D eigenvalue weighted by Crippen LogP contribution is 2.37. The Bertz CT molecular complexity index is 1350. The molecule has 0 unspecified atom stereocenters. The van der Waals surface area contributed by atoms with Crippen LogP contribution in [0.2, 0.25) is 0 Å². The summed E-state index contributed by atoms with van der Waals surface area (Å²) in [7, 11) is 1.91. The highest BCUT2D eigenvalue weighted by molar-refractivity contribution is 6.17. The van der Waals surface area contributed by atoms with Crippen molar-refractivity contribution in [3.63, 3.8) is 0 Å². The fourth-order valence-electron chi connectivity index (χ4n) is 5.56. The van der Waals surface area contributed by atoms with Gasteiger partial charge in [-0.1, -0.05) is 43.2 Å². The third-order valence-corrected chi connectivity index (χ3v) is 8.64. The second-order valence-corrected chi connectivity index (χ2v) is 11.2. The minimum absolute atomic E-state index is 0.0541. The summed E-state index contributed by atoms with van der Waals surface area (Å²) >= 11 is 0. The fraction of sp³-hybridized carbons (Fsp3) is 0.419. The predicted octanol–water partition coefficient (Wildman–Crippen LogP) is 5.09. The lowest BCUT2D eigenvalue weighted by molar-refractivity contribution is -0.133. The summed E-state index contributed by atoms with van der Waals surface area (Å²) < 4.78 is 1.79. The quantitative estimate of drug-likeness (QED) is 0.433. The Balaban J connectivity index is 1.16. The fourth-order valence-corrected chi connectivity index (χ4v) is 5.56. The Labute approximate surface area is 223 Å². The number of carbonyl (C=O) groups is 3. The van der Waals surface area contributed by atoms with Gasteiger partial charge in [0.15, 0.2) is 0 Å². The first-order valence-electron chi connectivity index (χ1n) is 13.8. The molecule has 1 aromatic heterocycles. The molecule has 2 aromatic carbocycles. The van der Waals surface area contributed by atoms with Gasteiger partial charge in [-0.3, -0.25) is 19.1 Å². The lowest BCUT2D eigenvalue weighted by Crippen LogP contribution is -2.49. The monoisotopic (exact) mass is 510 g/mol. The van der Waals surface area contributed by atoms with E-state index in [4.69, 9.17) is 0 Å². The van der Waals surface area contributed by atoms with Crippen molar-refractivity contribution in [1.29, 1.82) is 0 Å². The van der Waals surface area contributed by atoms with Gasteiger partial charge >= 0.3 is 0 Å². The average molecular weight is 511 g/mol. The molecule has 0 radical (unpaired) electrons. The molecule has 1 saturated heterocycles. The van der Waals surface area contributed by atoms with Crippen LogP contribution in [0.25, 0.3) is 11.1 Å². The largest absolute Gasteiger partial charge is 0.337 e. The zero-order chi connectivity index (χ0) is 26.4. The van der Waals surface area contributed by atoms with Crippen molar-refractivity contribution in [2.45, 2.75) is 51.4 Å². The first-order chi connectivity index (χ1) is 18.4. The van der Waals surface area contributed by atoms with E-state index in [1.54, 1.807) is 10.7 Å². The van der Waals surface area contributed by atoms with E-state index in [9.17, 15) is 14.4 Å². The Hall–Kier alpha value is -3.74. The minimum atomic E-state index is -0.0976. The van der Waals surface area contributed by atoms with Gasteiger partial charge < -0.3 is 4.90 Å². The van der Waals surface area contributed by atoms with Crippen LogP contribution in [0.3, 0.4) is 0 Å². The molecule has 2 aliphatic carbocycles. The summed E-state index contributed by atoms with van der Waals surface area (Å²) in [6.45, 7) is 3.22. The molecule has 3 amide bonds. The first kappa shape index (κ1) is 24.6. The van der Waals surface area contributed by atoms with Crippen LogP contribution in [-0.4, -0.2) is 45.5 Å². The maximum Gasteiger partial charge on any atom is 0.253 e. The Morgan fingerprint density at radius 1 is 0.868 bits per heavy atom. The number of aryl methyl sites for hydroxylation is 2. The number of hydrogen-bond acceptors (Lipinski definition) is 4. The molecule has 2 heterocycles. The molecule has 7 heteroatoms. The molecule has 2 saturated carbocycles. The molecule has 0 bridgehead atoms. The predicted molar refractivity (Wildman–Crippen MR) is 146 cm³/mol. The van der Waals surface area contributed by atoms with Crippen molar-refractivity contribution in [1.82, 2.24) is 14.7 Å². The molecule has 0 atom stereocenters. The maximum absolute atomic E-state index is 13.4. The van der Waals surface area contributed by atoms with Crippen molar-refractivity contribution < 1.29 is 14.4 Å². The van der Waals surface area contributed by atoms with E-state index in [1.165, 1.54) is 10.5 Å². The molecular formula is C31H34N4O3. The Kier molecular flexibility index (Phi) is 6.38. The second-order valence-electron chi connectivity index (χ2n) is 11.2. The van der Waals surface area contributed by atoms with Crippen LogP contribution < -0.4 is 4.90 Å². The molecule has 0 N–H and O–H groups in total. The topological polar surface area (TPSA) is 75.5 Å². The number of anilines is 1. The van der Waals surface area contributed by atoms with Crippen LogP contribution in [-0.2, 0) is 16.6 Å². The SMILES string of the molecule is Cc1ccc(C(=O)N2CC(c3ccc(-c4cnn(C)c4)cc3)C2)cc1N(C(=O)C1CCC1)C(=O)C1CCC1. The second kappa shape index (κ2) is 9.86. The standard InChI is InChI=1S/C31H34N4O3/c1-20-9-10-25(15-28(20)35(30(37)23-5-3-6-23)31(38)24-7-4-8-24)29(36)34-18-27(19-34)22-13-11-21(12-14-22)26-16-32-33(2)17-26/h9-17,23-24,27H,3-8,18-19H2,1-2H3. The lowest BCUT2D eigenvalue weighted by atomic mass is 9.81. The molecule has 38 heavy (non-hydrogen) atoms. The Morgan fingerprint density at radius 3 is 2.03 bits per heavy atom. The summed E-state index contributed by atoms with van der Waals surface area (Å²) in [5.74, 6) is -0.124. The first-order valence-corrected chi connectivity index (χ1v) is 13.8. The van der Waals surface area contributed by atoms with Gasteiger partial charge in [-0.05, 0) is 61.4 Å². The van der Waals surface area contributed by atoms with Crippen LogP contribution in [0.1, 0.15) is 65.9 Å². The molecule has 3 aliphatic rings. The average Bonchev–Trinajstić information content (AvgIpc) is 3.24. The molecule has 3 fully saturated rings. The van der Waals surface area contributed by atoms with Crippen LogP contribution in [0.15, 0.2) is 54.9 Å². The van der Waals surface area contributed by atoms with E-state index < -0.39 is 0 Å². The molecular weight excluding hydrogens is 476 g/mol. The van der Waals surface area contributed by atoms with Crippen LogP contribution >= 0.6 is 0 Å². The van der Waals surface area contributed by atoms with Gasteiger partial charge in [-0.25, -0.2) is 4.90 Å². The summed E-state index contributed by atoms with van der Waals surface area (Å²) in [5.41, 5.74) is 5.38. The van der Waals surface area contributed by atoms with E-state index >= 15 is 0 Å². The number of aromatic nitrogens is 2. The van der Waals surface area contributed by atoms with Crippen LogP contribution in [0, 0.1) is 18.8 Å². The summed E-state index contributed by atoms with van der Waals surface area (Å²) in [6, 6.07) is 13.9. The third-order valence-electron chi connectivity index (χ3n) is 8.64. The molecule has 3 aromatic rings. The van der Waals surface area contributed by atoms with Gasteiger partial charge in [0.1, 0.15) is 0 Å². The normalized spacial score (nSPS) is 17.9. The van der Waals surface area contributed by atoms with Crippen LogP contribution in [0.5, 0.6) is 0 Å². The lowest BCUT2D eigenvalue weighted by Gasteiger charge is -2.40. The number of likely N-dealkylation sites (tertiary alicyclic amines) is 1.